The van der Waals surface area contributed by atoms with Crippen LogP contribution in [0.25, 0.3) is 11.0 Å². The number of nitriles is 1. The maximum atomic E-state index is 11.8. The van der Waals surface area contributed by atoms with Crippen LogP contribution in [0.15, 0.2) is 16.9 Å². The van der Waals surface area contributed by atoms with Crippen LogP contribution >= 0.6 is 15.9 Å². The third-order valence-electron chi connectivity index (χ3n) is 3.92. The van der Waals surface area contributed by atoms with E-state index >= 15 is 0 Å². The number of anilines is 2. The molecule has 1 fully saturated rings. The maximum absolute atomic E-state index is 11.8. The van der Waals surface area contributed by atoms with Crippen LogP contribution in [0.1, 0.15) is 19.3 Å². The van der Waals surface area contributed by atoms with Crippen LogP contribution in [0.3, 0.4) is 0 Å². The molecular weight excluding hydrogens is 360 g/mol. The Morgan fingerprint density at radius 1 is 1.65 bits per heavy atom. The molecule has 1 atom stereocenters. The van der Waals surface area contributed by atoms with Crippen LogP contribution in [0.4, 0.5) is 11.4 Å². The summed E-state index contributed by atoms with van der Waals surface area (Å²) in [5.74, 6) is -0.338. The van der Waals surface area contributed by atoms with E-state index in [0.717, 1.165) is 41.5 Å². The number of aromatic amines is 1. The average molecular weight is 377 g/mol. The molecule has 1 saturated heterocycles. The summed E-state index contributed by atoms with van der Waals surface area (Å²) in [5.41, 5.74) is 8.39. The van der Waals surface area contributed by atoms with E-state index in [1.807, 2.05) is 6.07 Å². The van der Waals surface area contributed by atoms with E-state index < -0.39 is 0 Å². The first-order valence-corrected chi connectivity index (χ1v) is 8.22. The summed E-state index contributed by atoms with van der Waals surface area (Å²) in [7, 11) is 0. The molecule has 1 amide bonds. The molecule has 2 aromatic rings. The van der Waals surface area contributed by atoms with Crippen molar-refractivity contribution in [1.29, 1.82) is 5.26 Å². The lowest BCUT2D eigenvalue weighted by Gasteiger charge is -2.33. The molecule has 0 aliphatic carbocycles. The molecule has 0 bridgehead atoms. The van der Waals surface area contributed by atoms with Gasteiger partial charge in [0.2, 0.25) is 5.91 Å². The zero-order valence-corrected chi connectivity index (χ0v) is 14.1. The van der Waals surface area contributed by atoms with E-state index in [1.54, 1.807) is 12.4 Å². The van der Waals surface area contributed by atoms with Crippen molar-refractivity contribution in [2.24, 2.45) is 5.73 Å². The molecule has 0 spiro atoms. The quantitative estimate of drug-likeness (QED) is 0.759. The molecule has 3 rings (SSSR count). The Hall–Kier alpha value is -2.11. The third kappa shape index (κ3) is 3.16. The van der Waals surface area contributed by atoms with Gasteiger partial charge in [-0.1, -0.05) is 0 Å². The van der Waals surface area contributed by atoms with Gasteiger partial charge in [0.1, 0.15) is 12.1 Å². The molecule has 1 aliphatic heterocycles. The second kappa shape index (κ2) is 6.56. The minimum atomic E-state index is -0.338. The number of H-pyrrole nitrogens is 1. The summed E-state index contributed by atoms with van der Waals surface area (Å²) < 4.78 is 0.856. The number of aromatic nitrogens is 2. The number of nitrogens with one attached hydrogen (secondary N) is 2. The number of carbonyl (C=O) groups is 1. The van der Waals surface area contributed by atoms with E-state index in [0.29, 0.717) is 11.3 Å². The van der Waals surface area contributed by atoms with Gasteiger partial charge in [0.15, 0.2) is 0 Å². The summed E-state index contributed by atoms with van der Waals surface area (Å²) in [6.07, 6.45) is 5.30. The Labute approximate surface area is 142 Å². The van der Waals surface area contributed by atoms with Gasteiger partial charge >= 0.3 is 0 Å². The summed E-state index contributed by atoms with van der Waals surface area (Å²) in [5, 5.41) is 12.3. The first-order valence-electron chi connectivity index (χ1n) is 7.43. The third-order valence-corrected chi connectivity index (χ3v) is 4.50. The summed E-state index contributed by atoms with van der Waals surface area (Å²) in [4.78, 5) is 21.4. The Morgan fingerprint density at radius 3 is 3.22 bits per heavy atom. The lowest BCUT2D eigenvalue weighted by molar-refractivity contribution is -0.115. The standard InChI is InChI=1S/C15H17BrN6O/c16-10-6-19-15-13(11(7-20-15)21-12(23)3-4-17)14(10)22-5-1-2-9(18)8-22/h6-7,9H,1-3,5,8,18H2,(H,19,20)(H,21,23). The van der Waals surface area contributed by atoms with Crippen LogP contribution in [0, 0.1) is 11.3 Å². The minimum Gasteiger partial charge on any atom is -0.368 e. The highest BCUT2D eigenvalue weighted by Crippen LogP contribution is 2.38. The number of nitrogens with two attached hydrogens (primary N) is 1. The number of pyridine rings is 1. The van der Waals surface area contributed by atoms with Crippen molar-refractivity contribution in [2.45, 2.75) is 25.3 Å². The van der Waals surface area contributed by atoms with Gasteiger partial charge < -0.3 is 20.9 Å². The van der Waals surface area contributed by atoms with E-state index in [1.165, 1.54) is 0 Å². The van der Waals surface area contributed by atoms with Gasteiger partial charge in [-0.15, -0.1) is 0 Å². The van der Waals surface area contributed by atoms with Crippen molar-refractivity contribution in [3.05, 3.63) is 16.9 Å². The second-order valence-corrected chi connectivity index (χ2v) is 6.47. The molecule has 4 N–H and O–H groups in total. The zero-order valence-electron chi connectivity index (χ0n) is 12.5. The Bertz CT molecular complexity index is 780. The number of rotatable bonds is 3. The van der Waals surface area contributed by atoms with Crippen LogP contribution in [0.5, 0.6) is 0 Å². The molecule has 1 unspecified atom stereocenters. The first kappa shape index (κ1) is 15.8. The molecule has 7 nitrogen and oxygen atoms in total. The van der Waals surface area contributed by atoms with E-state index in [4.69, 9.17) is 11.0 Å². The van der Waals surface area contributed by atoms with Crippen LogP contribution < -0.4 is 16.0 Å². The van der Waals surface area contributed by atoms with Gasteiger partial charge in [-0.2, -0.15) is 5.26 Å². The van der Waals surface area contributed by atoms with Gasteiger partial charge in [-0.25, -0.2) is 4.98 Å². The molecule has 23 heavy (non-hydrogen) atoms. The zero-order chi connectivity index (χ0) is 16.4. The summed E-state index contributed by atoms with van der Waals surface area (Å²) in [6.45, 7) is 1.66. The monoisotopic (exact) mass is 376 g/mol. The predicted molar refractivity (Wildman–Crippen MR) is 92.1 cm³/mol. The van der Waals surface area contributed by atoms with Crippen molar-refractivity contribution in [2.75, 3.05) is 23.3 Å². The van der Waals surface area contributed by atoms with Gasteiger partial charge in [-0.05, 0) is 28.8 Å². The topological polar surface area (TPSA) is 111 Å². The van der Waals surface area contributed by atoms with Crippen molar-refractivity contribution in [1.82, 2.24) is 9.97 Å². The maximum Gasteiger partial charge on any atom is 0.238 e. The highest BCUT2D eigenvalue weighted by molar-refractivity contribution is 9.10. The normalized spacial score (nSPS) is 18.0. The van der Waals surface area contributed by atoms with Crippen LogP contribution in [-0.4, -0.2) is 35.0 Å². The van der Waals surface area contributed by atoms with Crippen molar-refractivity contribution < 1.29 is 4.79 Å². The van der Waals surface area contributed by atoms with Crippen molar-refractivity contribution >= 4 is 44.2 Å². The number of hydrogen-bond donors (Lipinski definition) is 3. The minimum absolute atomic E-state index is 0.134. The molecule has 0 saturated carbocycles. The van der Waals surface area contributed by atoms with Gasteiger partial charge in [0.05, 0.1) is 27.3 Å². The number of piperidine rings is 1. The number of halogens is 1. The Morgan fingerprint density at radius 2 is 2.48 bits per heavy atom. The van der Waals surface area contributed by atoms with Crippen molar-refractivity contribution in [3.63, 3.8) is 0 Å². The molecule has 0 radical (unpaired) electrons. The SMILES string of the molecule is N#CCC(=O)Nc1c[nH]c2ncc(Br)c(N3CCCC(N)C3)c12. The fourth-order valence-corrected chi connectivity index (χ4v) is 3.49. The predicted octanol–water partition coefficient (Wildman–Crippen LogP) is 2.11. The largest absolute Gasteiger partial charge is 0.368 e. The highest BCUT2D eigenvalue weighted by Gasteiger charge is 2.23. The average Bonchev–Trinajstić information content (AvgIpc) is 2.90. The van der Waals surface area contributed by atoms with Crippen LogP contribution in [-0.2, 0) is 4.79 Å². The molecule has 1 aliphatic rings. The summed E-state index contributed by atoms with van der Waals surface area (Å²) in [6, 6.07) is 1.98. The smallest absolute Gasteiger partial charge is 0.238 e. The van der Waals surface area contributed by atoms with E-state index in [2.05, 4.69) is 36.1 Å². The number of carbonyl (C=O) groups excluding carboxylic acids is 1. The van der Waals surface area contributed by atoms with Gasteiger partial charge in [0.25, 0.3) is 0 Å². The molecule has 120 valence electrons. The lowest BCUT2D eigenvalue weighted by atomic mass is 10.1. The van der Waals surface area contributed by atoms with E-state index in [-0.39, 0.29) is 18.4 Å². The molecule has 8 heteroatoms. The highest BCUT2D eigenvalue weighted by atomic mass is 79.9. The second-order valence-electron chi connectivity index (χ2n) is 5.61. The molecule has 3 heterocycles. The Balaban J connectivity index is 2.05. The number of amides is 1. The fraction of sp³-hybridized carbons (Fsp3) is 0.400. The van der Waals surface area contributed by atoms with E-state index in [9.17, 15) is 4.79 Å². The molecule has 0 aromatic carbocycles. The van der Waals surface area contributed by atoms with Gasteiger partial charge in [0, 0.05) is 31.5 Å². The first-order chi connectivity index (χ1) is 11.1. The lowest BCUT2D eigenvalue weighted by Crippen LogP contribution is -2.43. The van der Waals surface area contributed by atoms with Crippen LogP contribution in [0.2, 0.25) is 0 Å². The molecular formula is C15H17BrN6O. The van der Waals surface area contributed by atoms with Crippen molar-refractivity contribution in [3.8, 4) is 6.07 Å². The number of fused-ring (bicyclic) bond motifs is 1. The Kier molecular flexibility index (Phi) is 4.50. The van der Waals surface area contributed by atoms with Gasteiger partial charge in [-0.3, -0.25) is 4.79 Å². The molecule has 2 aromatic heterocycles. The number of hydrogen-bond acceptors (Lipinski definition) is 5. The number of nitrogens with zero attached hydrogens (tertiary/aromatic N) is 3. The fourth-order valence-electron chi connectivity index (χ4n) is 2.94. The summed E-state index contributed by atoms with van der Waals surface area (Å²) >= 11 is 3.56.